The molecule has 0 aliphatic heterocycles. The van der Waals surface area contributed by atoms with Crippen LogP contribution < -0.4 is 5.32 Å². The van der Waals surface area contributed by atoms with Crippen molar-refractivity contribution in [3.05, 3.63) is 29.8 Å². The number of aryl methyl sites for hydroxylation is 1. The summed E-state index contributed by atoms with van der Waals surface area (Å²) in [7, 11) is 0. The fraction of sp³-hybridized carbons (Fsp3) is 0.357. The average molecular weight is 291 g/mol. The van der Waals surface area contributed by atoms with Crippen LogP contribution >= 0.6 is 11.8 Å². The van der Waals surface area contributed by atoms with E-state index in [1.807, 2.05) is 36.7 Å². The molecule has 0 spiro atoms. The van der Waals surface area contributed by atoms with E-state index in [-0.39, 0.29) is 5.97 Å². The molecule has 0 saturated heterocycles. The van der Waals surface area contributed by atoms with Gasteiger partial charge in [0.05, 0.1) is 12.3 Å². The van der Waals surface area contributed by atoms with Gasteiger partial charge in [-0.25, -0.2) is 4.99 Å². The summed E-state index contributed by atoms with van der Waals surface area (Å²) in [5, 5.41) is 11.6. The second-order valence-corrected chi connectivity index (χ2v) is 4.63. The van der Waals surface area contributed by atoms with Crippen LogP contribution in [-0.2, 0) is 16.0 Å². The smallest absolute Gasteiger partial charge is 0.306 e. The molecule has 0 fully saturated rings. The molecule has 20 heavy (non-hydrogen) atoms. The van der Waals surface area contributed by atoms with Crippen molar-refractivity contribution in [2.24, 2.45) is 4.99 Å². The summed E-state index contributed by atoms with van der Waals surface area (Å²) in [4.78, 5) is 15.6. The van der Waals surface area contributed by atoms with Crippen molar-refractivity contribution in [3.8, 4) is 6.19 Å². The standard InChI is InChI=1S/C14H17N3O2S/c1-3-19-13(18)8-7-11-5-4-6-12(9-11)17-14(20-2)16-10-15/h4-6,9H,3,7-8H2,1-2H3,(H,16,17). The number of nitriles is 1. The van der Waals surface area contributed by atoms with E-state index in [4.69, 9.17) is 10.00 Å². The van der Waals surface area contributed by atoms with Gasteiger partial charge >= 0.3 is 5.97 Å². The molecular weight excluding hydrogens is 274 g/mol. The summed E-state index contributed by atoms with van der Waals surface area (Å²) in [5.41, 5.74) is 1.76. The minimum absolute atomic E-state index is 0.197. The van der Waals surface area contributed by atoms with Crippen molar-refractivity contribution in [1.82, 2.24) is 5.32 Å². The first-order chi connectivity index (χ1) is 9.69. The highest BCUT2D eigenvalue weighted by Gasteiger charge is 2.03. The SMILES string of the molecule is CCOC(=O)CCc1cccc(N=C(NC#N)SC)c1. The van der Waals surface area contributed by atoms with Gasteiger partial charge in [-0.3, -0.25) is 10.1 Å². The van der Waals surface area contributed by atoms with E-state index < -0.39 is 0 Å². The van der Waals surface area contributed by atoms with Gasteiger partial charge in [0, 0.05) is 6.42 Å². The number of hydrogen-bond donors (Lipinski definition) is 1. The van der Waals surface area contributed by atoms with Crippen molar-refractivity contribution >= 4 is 28.6 Å². The van der Waals surface area contributed by atoms with E-state index >= 15 is 0 Å². The van der Waals surface area contributed by atoms with Gasteiger partial charge in [-0.15, -0.1) is 0 Å². The highest BCUT2D eigenvalue weighted by atomic mass is 32.2. The molecule has 0 aliphatic carbocycles. The lowest BCUT2D eigenvalue weighted by Crippen LogP contribution is -2.12. The van der Waals surface area contributed by atoms with Crippen LogP contribution in [0.5, 0.6) is 0 Å². The van der Waals surface area contributed by atoms with Crippen LogP contribution in [0.3, 0.4) is 0 Å². The lowest BCUT2D eigenvalue weighted by atomic mass is 10.1. The number of ether oxygens (including phenoxy) is 1. The zero-order valence-corrected chi connectivity index (χ0v) is 12.4. The van der Waals surface area contributed by atoms with E-state index in [1.165, 1.54) is 11.8 Å². The summed E-state index contributed by atoms with van der Waals surface area (Å²) in [6.07, 6.45) is 4.65. The van der Waals surface area contributed by atoms with Crippen molar-refractivity contribution < 1.29 is 9.53 Å². The maximum Gasteiger partial charge on any atom is 0.306 e. The quantitative estimate of drug-likeness (QED) is 0.297. The highest BCUT2D eigenvalue weighted by Crippen LogP contribution is 2.17. The fourth-order valence-corrected chi connectivity index (χ4v) is 1.90. The van der Waals surface area contributed by atoms with Gasteiger partial charge in [-0.1, -0.05) is 23.9 Å². The number of thioether (sulfide) groups is 1. The third-order valence-corrected chi connectivity index (χ3v) is 3.00. The molecule has 6 heteroatoms. The molecule has 0 aliphatic rings. The Balaban J connectivity index is 2.71. The number of nitrogens with zero attached hydrogens (tertiary/aromatic N) is 2. The second kappa shape index (κ2) is 8.99. The molecule has 0 radical (unpaired) electrons. The van der Waals surface area contributed by atoms with Crippen LogP contribution in [0.15, 0.2) is 29.3 Å². The Labute approximate surface area is 123 Å². The zero-order valence-electron chi connectivity index (χ0n) is 11.5. The molecule has 1 rings (SSSR count). The number of carbonyl (C=O) groups excluding carboxylic acids is 1. The summed E-state index contributed by atoms with van der Waals surface area (Å²) < 4.78 is 4.89. The first-order valence-electron chi connectivity index (χ1n) is 6.22. The number of nitrogens with one attached hydrogen (secondary N) is 1. The number of amidine groups is 1. The molecule has 0 bridgehead atoms. The van der Waals surface area contributed by atoms with Gasteiger partial charge in [0.2, 0.25) is 0 Å². The highest BCUT2D eigenvalue weighted by molar-refractivity contribution is 8.13. The summed E-state index contributed by atoms with van der Waals surface area (Å²) in [6.45, 7) is 2.19. The summed E-state index contributed by atoms with van der Waals surface area (Å²) in [6, 6.07) is 7.57. The summed E-state index contributed by atoms with van der Waals surface area (Å²) in [5.74, 6) is -0.197. The Hall–Kier alpha value is -2.00. The molecule has 0 unspecified atom stereocenters. The van der Waals surface area contributed by atoms with Crippen molar-refractivity contribution in [2.75, 3.05) is 12.9 Å². The van der Waals surface area contributed by atoms with E-state index in [0.717, 1.165) is 11.3 Å². The Morgan fingerprint density at radius 2 is 2.35 bits per heavy atom. The van der Waals surface area contributed by atoms with Gasteiger partial charge in [0.25, 0.3) is 0 Å². The number of benzene rings is 1. The first kappa shape index (κ1) is 16.1. The van der Waals surface area contributed by atoms with Crippen LogP contribution in [0.4, 0.5) is 5.69 Å². The average Bonchev–Trinajstić information content (AvgIpc) is 2.45. The third-order valence-electron chi connectivity index (χ3n) is 2.42. The first-order valence-corrected chi connectivity index (χ1v) is 7.44. The monoisotopic (exact) mass is 291 g/mol. The van der Waals surface area contributed by atoms with E-state index in [1.54, 1.807) is 6.92 Å². The Kier molecular flexibility index (Phi) is 7.22. The van der Waals surface area contributed by atoms with Gasteiger partial charge in [-0.05, 0) is 37.3 Å². The molecule has 0 saturated carbocycles. The second-order valence-electron chi connectivity index (χ2n) is 3.83. The van der Waals surface area contributed by atoms with Gasteiger partial charge < -0.3 is 4.74 Å². The molecular formula is C14H17N3O2S. The normalized spacial score (nSPS) is 10.8. The predicted molar refractivity (Wildman–Crippen MR) is 80.8 cm³/mol. The number of rotatable bonds is 5. The van der Waals surface area contributed by atoms with Gasteiger partial charge in [0.1, 0.15) is 0 Å². The lowest BCUT2D eigenvalue weighted by Gasteiger charge is -2.04. The number of esters is 1. The Bertz CT molecular complexity index is 523. The Morgan fingerprint density at radius 1 is 1.55 bits per heavy atom. The van der Waals surface area contributed by atoms with E-state index in [0.29, 0.717) is 24.6 Å². The van der Waals surface area contributed by atoms with Gasteiger partial charge in [0.15, 0.2) is 11.4 Å². The Morgan fingerprint density at radius 3 is 3.00 bits per heavy atom. The number of hydrogen-bond acceptors (Lipinski definition) is 5. The lowest BCUT2D eigenvalue weighted by molar-refractivity contribution is -0.143. The van der Waals surface area contributed by atoms with Crippen molar-refractivity contribution in [2.45, 2.75) is 19.8 Å². The minimum atomic E-state index is -0.197. The van der Waals surface area contributed by atoms with Crippen molar-refractivity contribution in [3.63, 3.8) is 0 Å². The third kappa shape index (κ3) is 5.76. The molecule has 1 N–H and O–H groups in total. The fourth-order valence-electron chi connectivity index (χ4n) is 1.55. The molecule has 1 aromatic carbocycles. The molecule has 106 valence electrons. The van der Waals surface area contributed by atoms with Crippen LogP contribution in [-0.4, -0.2) is 24.0 Å². The molecule has 1 aromatic rings. The largest absolute Gasteiger partial charge is 0.466 e. The minimum Gasteiger partial charge on any atom is -0.466 e. The van der Waals surface area contributed by atoms with Gasteiger partial charge in [-0.2, -0.15) is 5.26 Å². The molecule has 0 atom stereocenters. The summed E-state index contributed by atoms with van der Waals surface area (Å²) >= 11 is 1.36. The van der Waals surface area contributed by atoms with Crippen LogP contribution in [0, 0.1) is 11.5 Å². The maximum atomic E-state index is 11.3. The van der Waals surface area contributed by atoms with Crippen LogP contribution in [0.25, 0.3) is 0 Å². The van der Waals surface area contributed by atoms with E-state index in [2.05, 4.69) is 10.3 Å². The van der Waals surface area contributed by atoms with Crippen LogP contribution in [0.1, 0.15) is 18.9 Å². The van der Waals surface area contributed by atoms with Crippen LogP contribution in [0.2, 0.25) is 0 Å². The van der Waals surface area contributed by atoms with E-state index in [9.17, 15) is 4.79 Å². The molecule has 5 nitrogen and oxygen atoms in total. The molecule has 0 amide bonds. The molecule has 0 heterocycles. The molecule has 0 aromatic heterocycles. The predicted octanol–water partition coefficient (Wildman–Crippen LogP) is 2.60. The maximum absolute atomic E-state index is 11.3. The topological polar surface area (TPSA) is 74.5 Å². The number of carbonyl (C=O) groups is 1. The van der Waals surface area contributed by atoms with Crippen molar-refractivity contribution in [1.29, 1.82) is 5.26 Å². The zero-order chi connectivity index (χ0) is 14.8. The number of aliphatic imine (C=N–C) groups is 1.